The summed E-state index contributed by atoms with van der Waals surface area (Å²) in [7, 11) is 0. The normalized spacial score (nSPS) is 18.8. The molecule has 1 N–H and O–H groups in total. The number of benzene rings is 1. The van der Waals surface area contributed by atoms with Crippen LogP contribution in [0.4, 0.5) is 8.78 Å². The fourth-order valence-corrected chi connectivity index (χ4v) is 2.03. The second kappa shape index (κ2) is 6.22. The van der Waals surface area contributed by atoms with Crippen LogP contribution in [-0.4, -0.2) is 31.0 Å². The van der Waals surface area contributed by atoms with Gasteiger partial charge in [0.15, 0.2) is 11.6 Å². The maximum atomic E-state index is 13.6. The first-order valence-corrected chi connectivity index (χ1v) is 6.00. The average Bonchev–Trinajstić information content (AvgIpc) is 2.41. The summed E-state index contributed by atoms with van der Waals surface area (Å²) in [6.45, 7) is 0.806. The lowest BCUT2D eigenvalue weighted by Gasteiger charge is -2.27. The summed E-state index contributed by atoms with van der Waals surface area (Å²) in [5.41, 5.74) is 0.0593. The standard InChI is InChI=1S/C13H16F2O3/c14-11-3-1-2-10(13(11)15)12(8-16)18-9-4-6-17-7-5-9/h1-3,9,12,16H,4-8H2. The van der Waals surface area contributed by atoms with Gasteiger partial charge >= 0.3 is 0 Å². The van der Waals surface area contributed by atoms with Gasteiger partial charge in [-0.2, -0.15) is 0 Å². The predicted molar refractivity (Wildman–Crippen MR) is 61.1 cm³/mol. The summed E-state index contributed by atoms with van der Waals surface area (Å²) in [4.78, 5) is 0. The fraction of sp³-hybridized carbons (Fsp3) is 0.538. The minimum absolute atomic E-state index is 0.0593. The molecular formula is C13H16F2O3. The van der Waals surface area contributed by atoms with E-state index in [0.717, 1.165) is 6.07 Å². The Labute approximate surface area is 104 Å². The van der Waals surface area contributed by atoms with Gasteiger partial charge in [-0.3, -0.25) is 0 Å². The zero-order valence-corrected chi connectivity index (χ0v) is 9.94. The Balaban J connectivity index is 2.09. The molecule has 100 valence electrons. The fourth-order valence-electron chi connectivity index (χ4n) is 2.03. The van der Waals surface area contributed by atoms with Crippen molar-refractivity contribution in [1.29, 1.82) is 0 Å². The second-order valence-electron chi connectivity index (χ2n) is 4.26. The molecule has 1 atom stereocenters. The first-order chi connectivity index (χ1) is 8.72. The molecule has 1 heterocycles. The molecule has 1 aromatic carbocycles. The Hall–Kier alpha value is -1.04. The zero-order valence-electron chi connectivity index (χ0n) is 9.94. The molecule has 0 amide bonds. The van der Waals surface area contributed by atoms with Crippen molar-refractivity contribution < 1.29 is 23.4 Å². The molecular weight excluding hydrogens is 242 g/mol. The largest absolute Gasteiger partial charge is 0.393 e. The van der Waals surface area contributed by atoms with Gasteiger partial charge in [0.05, 0.1) is 12.7 Å². The zero-order chi connectivity index (χ0) is 13.0. The number of hydrogen-bond donors (Lipinski definition) is 1. The van der Waals surface area contributed by atoms with Gasteiger partial charge in [0.1, 0.15) is 6.10 Å². The van der Waals surface area contributed by atoms with Crippen molar-refractivity contribution in [3.63, 3.8) is 0 Å². The summed E-state index contributed by atoms with van der Waals surface area (Å²) >= 11 is 0. The van der Waals surface area contributed by atoms with Gasteiger partial charge in [0.2, 0.25) is 0 Å². The van der Waals surface area contributed by atoms with Gasteiger partial charge in [-0.25, -0.2) is 8.78 Å². The van der Waals surface area contributed by atoms with Gasteiger partial charge in [-0.1, -0.05) is 12.1 Å². The first kappa shape index (κ1) is 13.4. The van der Waals surface area contributed by atoms with Crippen LogP contribution in [0.25, 0.3) is 0 Å². The van der Waals surface area contributed by atoms with E-state index in [9.17, 15) is 13.9 Å². The molecule has 0 spiro atoms. The average molecular weight is 258 g/mol. The molecule has 1 fully saturated rings. The van der Waals surface area contributed by atoms with Crippen molar-refractivity contribution in [2.45, 2.75) is 25.0 Å². The molecule has 0 bridgehead atoms. The van der Waals surface area contributed by atoms with Gasteiger partial charge in [-0.15, -0.1) is 0 Å². The second-order valence-corrected chi connectivity index (χ2v) is 4.26. The van der Waals surface area contributed by atoms with Crippen molar-refractivity contribution in [2.24, 2.45) is 0 Å². The maximum Gasteiger partial charge on any atom is 0.164 e. The van der Waals surface area contributed by atoms with E-state index < -0.39 is 17.7 Å². The monoisotopic (exact) mass is 258 g/mol. The molecule has 1 aliphatic heterocycles. The van der Waals surface area contributed by atoms with E-state index in [2.05, 4.69) is 0 Å². The van der Waals surface area contributed by atoms with Crippen molar-refractivity contribution >= 4 is 0 Å². The van der Waals surface area contributed by atoms with E-state index >= 15 is 0 Å². The molecule has 0 aromatic heterocycles. The van der Waals surface area contributed by atoms with Gasteiger partial charge in [-0.05, 0) is 18.9 Å². The van der Waals surface area contributed by atoms with E-state index in [1.165, 1.54) is 12.1 Å². The van der Waals surface area contributed by atoms with Crippen molar-refractivity contribution in [3.05, 3.63) is 35.4 Å². The third kappa shape index (κ3) is 3.04. The molecule has 1 unspecified atom stereocenters. The highest BCUT2D eigenvalue weighted by Gasteiger charge is 2.23. The topological polar surface area (TPSA) is 38.7 Å². The number of aliphatic hydroxyl groups excluding tert-OH is 1. The molecule has 18 heavy (non-hydrogen) atoms. The Morgan fingerprint density at radius 3 is 2.72 bits per heavy atom. The molecule has 1 aliphatic rings. The van der Waals surface area contributed by atoms with Gasteiger partial charge < -0.3 is 14.6 Å². The van der Waals surface area contributed by atoms with E-state index in [1.807, 2.05) is 0 Å². The lowest BCUT2D eigenvalue weighted by atomic mass is 10.1. The molecule has 1 aromatic rings. The molecule has 1 saturated heterocycles. The van der Waals surface area contributed by atoms with Crippen LogP contribution in [-0.2, 0) is 9.47 Å². The highest BCUT2D eigenvalue weighted by Crippen LogP contribution is 2.26. The van der Waals surface area contributed by atoms with Gasteiger partial charge in [0, 0.05) is 18.8 Å². The third-order valence-corrected chi connectivity index (χ3v) is 3.02. The van der Waals surface area contributed by atoms with Crippen LogP contribution in [0.15, 0.2) is 18.2 Å². The van der Waals surface area contributed by atoms with Crippen LogP contribution in [0.3, 0.4) is 0 Å². The van der Waals surface area contributed by atoms with Crippen molar-refractivity contribution in [1.82, 2.24) is 0 Å². The third-order valence-electron chi connectivity index (χ3n) is 3.02. The summed E-state index contributed by atoms with van der Waals surface area (Å²) < 4.78 is 37.5. The Morgan fingerprint density at radius 1 is 1.33 bits per heavy atom. The molecule has 5 heteroatoms. The van der Waals surface area contributed by atoms with E-state index in [0.29, 0.717) is 26.1 Å². The number of hydrogen-bond acceptors (Lipinski definition) is 3. The SMILES string of the molecule is OCC(OC1CCOCC1)c1cccc(F)c1F. The molecule has 3 nitrogen and oxygen atoms in total. The van der Waals surface area contributed by atoms with Crippen LogP contribution in [0.1, 0.15) is 24.5 Å². The molecule has 0 saturated carbocycles. The summed E-state index contributed by atoms with van der Waals surface area (Å²) in [5, 5.41) is 9.28. The van der Waals surface area contributed by atoms with Crippen LogP contribution >= 0.6 is 0 Å². The smallest absolute Gasteiger partial charge is 0.164 e. The van der Waals surface area contributed by atoms with Crippen LogP contribution in [0.5, 0.6) is 0 Å². The Morgan fingerprint density at radius 2 is 2.06 bits per heavy atom. The van der Waals surface area contributed by atoms with E-state index in [4.69, 9.17) is 9.47 Å². The Kier molecular flexibility index (Phi) is 4.63. The van der Waals surface area contributed by atoms with E-state index in [1.54, 1.807) is 0 Å². The summed E-state index contributed by atoms with van der Waals surface area (Å²) in [5.74, 6) is -1.88. The lowest BCUT2D eigenvalue weighted by molar-refractivity contribution is -0.0859. The molecule has 2 rings (SSSR count). The summed E-state index contributed by atoms with van der Waals surface area (Å²) in [6.07, 6.45) is 0.489. The number of halogens is 2. The van der Waals surface area contributed by atoms with E-state index in [-0.39, 0.29) is 18.3 Å². The van der Waals surface area contributed by atoms with Crippen molar-refractivity contribution in [2.75, 3.05) is 19.8 Å². The number of rotatable bonds is 4. The van der Waals surface area contributed by atoms with Crippen LogP contribution < -0.4 is 0 Å². The minimum atomic E-state index is -0.955. The summed E-state index contributed by atoms with van der Waals surface area (Å²) in [6, 6.07) is 3.88. The Bertz CT molecular complexity index is 392. The highest BCUT2D eigenvalue weighted by atomic mass is 19.2. The minimum Gasteiger partial charge on any atom is -0.393 e. The van der Waals surface area contributed by atoms with Gasteiger partial charge in [0.25, 0.3) is 0 Å². The quantitative estimate of drug-likeness (QED) is 0.899. The van der Waals surface area contributed by atoms with Crippen LogP contribution in [0.2, 0.25) is 0 Å². The first-order valence-electron chi connectivity index (χ1n) is 6.00. The number of aliphatic hydroxyl groups is 1. The van der Waals surface area contributed by atoms with Crippen LogP contribution in [0, 0.1) is 11.6 Å². The molecule has 0 radical (unpaired) electrons. The highest BCUT2D eigenvalue weighted by molar-refractivity contribution is 5.21. The maximum absolute atomic E-state index is 13.6. The predicted octanol–water partition coefficient (Wildman–Crippen LogP) is 2.19. The molecule has 0 aliphatic carbocycles. The number of ether oxygens (including phenoxy) is 2. The lowest BCUT2D eigenvalue weighted by Crippen LogP contribution is -2.27. The van der Waals surface area contributed by atoms with Crippen molar-refractivity contribution in [3.8, 4) is 0 Å².